The number of quaternary nitrogens is 2. The van der Waals surface area contributed by atoms with Crippen molar-refractivity contribution >= 4 is 29.4 Å². The van der Waals surface area contributed by atoms with Gasteiger partial charge in [-0.1, -0.05) is 0 Å². The quantitative estimate of drug-likeness (QED) is 0.353. The number of carbonyl (C=O) groups excluding carboxylic acids is 3. The molecular formula is C23H30FN5O5+2. The highest BCUT2D eigenvalue weighted by Gasteiger charge is 2.38. The van der Waals surface area contributed by atoms with E-state index in [2.05, 4.69) is 10.3 Å². The number of ether oxygens (including phenoxy) is 1. The van der Waals surface area contributed by atoms with E-state index in [9.17, 15) is 18.8 Å². The molecule has 0 saturated carbocycles. The summed E-state index contributed by atoms with van der Waals surface area (Å²) in [5.74, 6) is -0.313. The Kier molecular flexibility index (Phi) is 7.92. The molecule has 4 N–H and O–H groups in total. The molecule has 34 heavy (non-hydrogen) atoms. The van der Waals surface area contributed by atoms with Gasteiger partial charge >= 0.3 is 17.9 Å². The van der Waals surface area contributed by atoms with Gasteiger partial charge in [0.1, 0.15) is 24.7 Å². The Bertz CT molecular complexity index is 1060. The first-order valence-electron chi connectivity index (χ1n) is 10.9. The van der Waals surface area contributed by atoms with Gasteiger partial charge in [0.15, 0.2) is 12.7 Å². The molecule has 0 spiro atoms. The Balaban J connectivity index is 1.63. The molecule has 11 heteroatoms. The lowest BCUT2D eigenvalue weighted by molar-refractivity contribution is -0.816. The monoisotopic (exact) mass is 475 g/mol. The van der Waals surface area contributed by atoms with Crippen LogP contribution in [0.3, 0.4) is 0 Å². The highest BCUT2D eigenvalue weighted by molar-refractivity contribution is 5.90. The van der Waals surface area contributed by atoms with E-state index in [0.29, 0.717) is 42.3 Å². The van der Waals surface area contributed by atoms with Crippen LogP contribution in [-0.2, 0) is 14.3 Å². The fraction of sp³-hybridized carbons (Fsp3) is 0.391. The Labute approximate surface area is 196 Å². The van der Waals surface area contributed by atoms with Crippen molar-refractivity contribution in [1.29, 1.82) is 0 Å². The predicted octanol–water partition coefficient (Wildman–Crippen LogP) is 0.330. The molecular weight excluding hydrogens is 445 g/mol. The van der Waals surface area contributed by atoms with Crippen LogP contribution in [0.4, 0.5) is 20.7 Å². The molecule has 3 amide bonds. The topological polar surface area (TPSA) is 125 Å². The third-order valence-electron chi connectivity index (χ3n) is 5.70. The van der Waals surface area contributed by atoms with Crippen molar-refractivity contribution in [2.45, 2.75) is 13.0 Å². The van der Waals surface area contributed by atoms with Crippen LogP contribution in [0.2, 0.25) is 0 Å². The van der Waals surface area contributed by atoms with Gasteiger partial charge in [0.25, 0.3) is 0 Å². The molecule has 1 aliphatic rings. The first-order chi connectivity index (χ1) is 16.1. The number of benzene rings is 1. The van der Waals surface area contributed by atoms with Gasteiger partial charge in [0.05, 0.1) is 39.8 Å². The zero-order chi connectivity index (χ0) is 24.9. The van der Waals surface area contributed by atoms with Crippen molar-refractivity contribution < 1.29 is 38.4 Å². The Hall–Kier alpha value is -3.41. The summed E-state index contributed by atoms with van der Waals surface area (Å²) in [6.07, 6.45) is 0.485. The zero-order valence-electron chi connectivity index (χ0n) is 19.5. The SMILES string of the molecule is CC(=O)[N+](C)(C)CC1CN(c2ccc(-c3ccc(NCC[NH2+]C(=O)CO)nc3)c(F)c2)C(=O)O1. The lowest BCUT2D eigenvalue weighted by Crippen LogP contribution is -2.90. The number of aromatic nitrogens is 1. The van der Waals surface area contributed by atoms with E-state index in [0.717, 1.165) is 0 Å². The number of anilines is 2. The van der Waals surface area contributed by atoms with Crippen molar-refractivity contribution in [2.75, 3.05) is 57.1 Å². The first-order valence-corrected chi connectivity index (χ1v) is 10.9. The summed E-state index contributed by atoms with van der Waals surface area (Å²) in [7, 11) is 3.50. The number of nitrogens with zero attached hydrogens (tertiary/aromatic N) is 3. The zero-order valence-corrected chi connectivity index (χ0v) is 19.5. The number of hydrogen-bond acceptors (Lipinski definition) is 7. The first kappa shape index (κ1) is 25.2. The van der Waals surface area contributed by atoms with E-state index in [-0.39, 0.29) is 22.8 Å². The van der Waals surface area contributed by atoms with Crippen molar-refractivity contribution in [3.63, 3.8) is 0 Å². The number of rotatable bonds is 9. The molecule has 2 heterocycles. The maximum Gasteiger partial charge on any atom is 0.414 e. The van der Waals surface area contributed by atoms with E-state index < -0.39 is 24.6 Å². The average Bonchev–Trinajstić information content (AvgIpc) is 3.16. The molecule has 1 atom stereocenters. The second-order valence-electron chi connectivity index (χ2n) is 8.64. The number of nitrogens with two attached hydrogens (primary N) is 1. The van der Waals surface area contributed by atoms with Crippen LogP contribution < -0.4 is 15.5 Å². The number of likely N-dealkylation sites (N-methyl/N-ethyl adjacent to an activating group) is 1. The summed E-state index contributed by atoms with van der Waals surface area (Å²) in [4.78, 5) is 40.8. The summed E-state index contributed by atoms with van der Waals surface area (Å²) in [5.41, 5.74) is 1.28. The number of nitrogens with one attached hydrogen (secondary N) is 1. The largest absolute Gasteiger partial charge is 0.438 e. The minimum atomic E-state index is -0.573. The molecule has 1 aromatic carbocycles. The molecule has 182 valence electrons. The summed E-state index contributed by atoms with van der Waals surface area (Å²) in [6, 6.07) is 7.93. The molecule has 2 aromatic rings. The van der Waals surface area contributed by atoms with E-state index >= 15 is 0 Å². The third-order valence-corrected chi connectivity index (χ3v) is 5.70. The number of amides is 3. The molecule has 1 unspecified atom stereocenters. The van der Waals surface area contributed by atoms with E-state index in [1.54, 1.807) is 38.4 Å². The van der Waals surface area contributed by atoms with Gasteiger partial charge in [-0.15, -0.1) is 0 Å². The lowest BCUT2D eigenvalue weighted by atomic mass is 10.1. The summed E-state index contributed by atoms with van der Waals surface area (Å²) < 4.78 is 20.4. The lowest BCUT2D eigenvalue weighted by Gasteiger charge is -2.27. The normalized spacial score (nSPS) is 15.9. The number of cyclic esters (lactones) is 1. The van der Waals surface area contributed by atoms with Gasteiger partial charge in [0.2, 0.25) is 0 Å². The molecule has 10 nitrogen and oxygen atoms in total. The Morgan fingerprint density at radius 2 is 2.09 bits per heavy atom. The molecule has 0 aliphatic carbocycles. The molecule has 1 saturated heterocycles. The molecule has 0 radical (unpaired) electrons. The van der Waals surface area contributed by atoms with Crippen LogP contribution in [0.1, 0.15) is 6.92 Å². The van der Waals surface area contributed by atoms with Crippen molar-refractivity contribution in [1.82, 2.24) is 4.98 Å². The Morgan fingerprint density at radius 3 is 2.71 bits per heavy atom. The van der Waals surface area contributed by atoms with Crippen LogP contribution in [0.25, 0.3) is 11.1 Å². The fourth-order valence-corrected chi connectivity index (χ4v) is 3.53. The van der Waals surface area contributed by atoms with Gasteiger partial charge in [-0.25, -0.2) is 23.8 Å². The summed E-state index contributed by atoms with van der Waals surface area (Å²) in [5, 5.41) is 13.1. The summed E-state index contributed by atoms with van der Waals surface area (Å²) in [6.45, 7) is 2.46. The standard InChI is InChI=1S/C23H28FN5O5/c1-15(31)29(2,3)13-18-12-28(23(33)34-18)17-5-6-19(20(24)10-17)16-4-7-21(27-11-16)25-8-9-26-22(32)14-30/h4-7,10-11,18,30H,8-9,12-14H2,1-3H3,(H-,25,26,27,32)/p+2. The van der Waals surface area contributed by atoms with Crippen LogP contribution in [0, 0.1) is 5.82 Å². The van der Waals surface area contributed by atoms with Gasteiger partial charge < -0.3 is 15.2 Å². The number of hydrogen-bond donors (Lipinski definition) is 3. The number of aliphatic hydroxyl groups is 1. The number of pyridine rings is 1. The van der Waals surface area contributed by atoms with Crippen molar-refractivity contribution in [3.05, 3.63) is 42.3 Å². The second-order valence-corrected chi connectivity index (χ2v) is 8.64. The van der Waals surface area contributed by atoms with Crippen LogP contribution in [-0.4, -0.2) is 85.5 Å². The molecule has 1 aliphatic heterocycles. The van der Waals surface area contributed by atoms with E-state index in [1.807, 2.05) is 0 Å². The minimum absolute atomic E-state index is 0.0464. The predicted molar refractivity (Wildman–Crippen MR) is 122 cm³/mol. The van der Waals surface area contributed by atoms with Gasteiger partial charge in [-0.2, -0.15) is 0 Å². The van der Waals surface area contributed by atoms with Crippen molar-refractivity contribution in [3.8, 4) is 11.1 Å². The second kappa shape index (κ2) is 10.7. The highest BCUT2D eigenvalue weighted by Crippen LogP contribution is 2.29. The smallest absolute Gasteiger partial charge is 0.414 e. The van der Waals surface area contributed by atoms with Crippen molar-refractivity contribution in [2.24, 2.45) is 0 Å². The van der Waals surface area contributed by atoms with E-state index in [1.165, 1.54) is 29.4 Å². The van der Waals surface area contributed by atoms with Gasteiger partial charge in [-0.3, -0.25) is 14.7 Å². The fourth-order valence-electron chi connectivity index (χ4n) is 3.53. The number of halogens is 1. The Morgan fingerprint density at radius 1 is 1.32 bits per heavy atom. The third kappa shape index (κ3) is 6.13. The van der Waals surface area contributed by atoms with Gasteiger partial charge in [-0.05, 0) is 30.3 Å². The minimum Gasteiger partial charge on any atom is -0.438 e. The van der Waals surface area contributed by atoms with Crippen LogP contribution >= 0.6 is 0 Å². The maximum absolute atomic E-state index is 14.9. The molecule has 0 bridgehead atoms. The van der Waals surface area contributed by atoms with Gasteiger partial charge in [0, 0.05) is 17.3 Å². The average molecular weight is 476 g/mol. The van der Waals surface area contributed by atoms with Crippen LogP contribution in [0.15, 0.2) is 36.5 Å². The molecule has 3 rings (SSSR count). The molecule has 1 fully saturated rings. The highest BCUT2D eigenvalue weighted by atomic mass is 19.1. The van der Waals surface area contributed by atoms with Crippen LogP contribution in [0.5, 0.6) is 0 Å². The number of carbonyl (C=O) groups is 3. The maximum atomic E-state index is 14.9. The summed E-state index contributed by atoms with van der Waals surface area (Å²) >= 11 is 0. The van der Waals surface area contributed by atoms with E-state index in [4.69, 9.17) is 9.84 Å². The number of aliphatic hydroxyl groups excluding tert-OH is 1. The molecule has 1 aromatic heterocycles. The number of primary amides is 1.